The fourth-order valence-corrected chi connectivity index (χ4v) is 3.71. The average Bonchev–Trinajstić information content (AvgIpc) is 3.08. The summed E-state index contributed by atoms with van der Waals surface area (Å²) in [4.78, 5) is 18.8. The molecule has 1 aromatic heterocycles. The number of hydrogen-bond acceptors (Lipinski definition) is 4. The second-order valence-corrected chi connectivity index (χ2v) is 13.0. The lowest BCUT2D eigenvalue weighted by molar-refractivity contribution is 0.0206. The smallest absolute Gasteiger partial charge is 0.356 e. The summed E-state index contributed by atoms with van der Waals surface area (Å²) < 4.78 is 12.2. The van der Waals surface area contributed by atoms with Crippen molar-refractivity contribution in [2.24, 2.45) is 0 Å². The van der Waals surface area contributed by atoms with E-state index in [9.17, 15) is 4.79 Å². The van der Waals surface area contributed by atoms with Gasteiger partial charge in [0, 0.05) is 6.42 Å². The molecule has 0 saturated heterocycles. The molecule has 0 amide bonds. The third-order valence-electron chi connectivity index (χ3n) is 4.99. The van der Waals surface area contributed by atoms with Crippen molar-refractivity contribution in [3.8, 4) is 0 Å². The molecule has 1 N–H and O–H groups in total. The maximum Gasteiger partial charge on any atom is 0.356 e. The Hall–Kier alpha value is -1.92. The lowest BCUT2D eigenvalue weighted by Crippen LogP contribution is -2.42. The highest BCUT2D eigenvalue weighted by atomic mass is 28.4. The van der Waals surface area contributed by atoms with E-state index in [1.807, 2.05) is 25.1 Å². The summed E-state index contributed by atoms with van der Waals surface area (Å²) in [6.45, 7) is 13.1. The molecule has 0 aliphatic rings. The Bertz CT molecular complexity index is 694. The highest BCUT2D eigenvalue weighted by Crippen LogP contribution is 2.41. The summed E-state index contributed by atoms with van der Waals surface area (Å²) in [6.07, 6.45) is 3.16. The number of imidazole rings is 1. The molecule has 1 aromatic carbocycles. The lowest BCUT2D eigenvalue weighted by Gasteiger charge is -2.40. The first-order chi connectivity index (χ1) is 12.1. The van der Waals surface area contributed by atoms with Crippen molar-refractivity contribution in [3.63, 3.8) is 0 Å². The van der Waals surface area contributed by atoms with E-state index in [2.05, 4.69) is 56.0 Å². The van der Waals surface area contributed by atoms with Crippen LogP contribution in [0.15, 0.2) is 42.9 Å². The van der Waals surface area contributed by atoms with Crippen LogP contribution in [0, 0.1) is 0 Å². The van der Waals surface area contributed by atoms with Crippen LogP contribution in [0.5, 0.6) is 0 Å². The van der Waals surface area contributed by atoms with Gasteiger partial charge in [-0.25, -0.2) is 9.78 Å². The molecule has 1 unspecified atom stereocenters. The third kappa shape index (κ3) is 5.29. The molecule has 2 atom stereocenters. The van der Waals surface area contributed by atoms with Crippen molar-refractivity contribution >= 4 is 14.3 Å². The number of nitrogens with zero attached hydrogens (tertiary/aromatic N) is 1. The molecule has 5 nitrogen and oxygen atoms in total. The van der Waals surface area contributed by atoms with E-state index < -0.39 is 14.3 Å². The predicted molar refractivity (Wildman–Crippen MR) is 106 cm³/mol. The SMILES string of the molecule is CC(C[C@H](O[Si](C)(C)C(C)(C)C)c1ccccc1)OC(=O)c1cnc[nH]1. The van der Waals surface area contributed by atoms with Gasteiger partial charge in [0.05, 0.1) is 18.6 Å². The molecule has 0 aliphatic heterocycles. The normalized spacial score (nSPS) is 14.7. The Morgan fingerprint density at radius 3 is 2.42 bits per heavy atom. The molecule has 26 heavy (non-hydrogen) atoms. The van der Waals surface area contributed by atoms with Crippen molar-refractivity contribution in [2.75, 3.05) is 0 Å². The Labute approximate surface area is 157 Å². The van der Waals surface area contributed by atoms with Crippen LogP contribution in [0.2, 0.25) is 18.1 Å². The van der Waals surface area contributed by atoms with Crippen molar-refractivity contribution in [1.82, 2.24) is 9.97 Å². The fourth-order valence-electron chi connectivity index (χ4n) is 2.42. The first-order valence-electron chi connectivity index (χ1n) is 9.02. The van der Waals surface area contributed by atoms with Crippen LogP contribution in [0.1, 0.15) is 56.3 Å². The number of benzene rings is 1. The molecule has 2 rings (SSSR count). The van der Waals surface area contributed by atoms with E-state index in [1.54, 1.807) is 0 Å². The van der Waals surface area contributed by atoms with E-state index in [0.29, 0.717) is 12.1 Å². The largest absolute Gasteiger partial charge is 0.458 e. The highest BCUT2D eigenvalue weighted by Gasteiger charge is 2.39. The van der Waals surface area contributed by atoms with Crippen molar-refractivity contribution < 1.29 is 14.0 Å². The van der Waals surface area contributed by atoms with Crippen molar-refractivity contribution in [2.45, 2.75) is 64.5 Å². The minimum atomic E-state index is -1.97. The average molecular weight is 375 g/mol. The van der Waals surface area contributed by atoms with Crippen LogP contribution in [-0.4, -0.2) is 30.4 Å². The number of esters is 1. The number of H-pyrrole nitrogens is 1. The lowest BCUT2D eigenvalue weighted by atomic mass is 10.0. The maximum absolute atomic E-state index is 12.2. The number of carbonyl (C=O) groups is 1. The van der Waals surface area contributed by atoms with Crippen LogP contribution >= 0.6 is 0 Å². The van der Waals surface area contributed by atoms with E-state index in [4.69, 9.17) is 9.16 Å². The number of aromatic nitrogens is 2. The highest BCUT2D eigenvalue weighted by molar-refractivity contribution is 6.74. The second-order valence-electron chi connectivity index (χ2n) is 8.19. The van der Waals surface area contributed by atoms with Gasteiger partial charge in [-0.2, -0.15) is 0 Å². The maximum atomic E-state index is 12.2. The number of aromatic amines is 1. The van der Waals surface area contributed by atoms with Gasteiger partial charge in [0.15, 0.2) is 8.32 Å². The Kier molecular flexibility index (Phi) is 6.42. The fraction of sp³-hybridized carbons (Fsp3) is 0.500. The summed E-state index contributed by atoms with van der Waals surface area (Å²) in [5.41, 5.74) is 1.47. The molecule has 0 saturated carbocycles. The molecule has 0 spiro atoms. The zero-order valence-electron chi connectivity index (χ0n) is 16.6. The molecule has 0 radical (unpaired) electrons. The molecule has 0 aliphatic carbocycles. The first-order valence-corrected chi connectivity index (χ1v) is 11.9. The Morgan fingerprint density at radius 1 is 1.23 bits per heavy atom. The van der Waals surface area contributed by atoms with Gasteiger partial charge in [0.25, 0.3) is 0 Å². The number of rotatable bonds is 7. The van der Waals surface area contributed by atoms with E-state index in [1.165, 1.54) is 12.5 Å². The minimum Gasteiger partial charge on any atom is -0.458 e. The molecule has 0 bridgehead atoms. The molecule has 0 fully saturated rings. The molecule has 142 valence electrons. The topological polar surface area (TPSA) is 64.2 Å². The molecule has 2 aromatic rings. The van der Waals surface area contributed by atoms with Gasteiger partial charge >= 0.3 is 5.97 Å². The first kappa shape index (κ1) is 20.4. The van der Waals surface area contributed by atoms with E-state index in [0.717, 1.165) is 5.56 Å². The van der Waals surface area contributed by atoms with Crippen LogP contribution < -0.4 is 0 Å². The predicted octanol–water partition coefficient (Wildman–Crippen LogP) is 5.11. The number of hydrogen-bond donors (Lipinski definition) is 1. The van der Waals surface area contributed by atoms with Crippen LogP contribution in [-0.2, 0) is 9.16 Å². The summed E-state index contributed by atoms with van der Waals surface area (Å²) >= 11 is 0. The van der Waals surface area contributed by atoms with Crippen molar-refractivity contribution in [3.05, 3.63) is 54.1 Å². The van der Waals surface area contributed by atoms with Gasteiger partial charge in [0.2, 0.25) is 0 Å². The third-order valence-corrected chi connectivity index (χ3v) is 9.47. The van der Waals surface area contributed by atoms with Gasteiger partial charge in [-0.3, -0.25) is 0 Å². The Morgan fingerprint density at radius 2 is 1.88 bits per heavy atom. The minimum absolute atomic E-state index is 0.107. The molecular weight excluding hydrogens is 344 g/mol. The van der Waals surface area contributed by atoms with Gasteiger partial charge in [0.1, 0.15) is 11.8 Å². The summed E-state index contributed by atoms with van der Waals surface area (Å²) in [6, 6.07) is 10.2. The standard InChI is InChI=1S/C20H30N2O3Si/c1-15(24-19(23)17-13-21-14-22-17)12-18(16-10-8-7-9-11-16)25-26(5,6)20(2,3)4/h7-11,13-15,18H,12H2,1-6H3,(H,21,22)/t15?,18-/m0/s1. The van der Waals surface area contributed by atoms with Gasteiger partial charge in [-0.05, 0) is 30.6 Å². The van der Waals surface area contributed by atoms with Crippen molar-refractivity contribution in [1.29, 1.82) is 0 Å². The molecule has 6 heteroatoms. The summed E-state index contributed by atoms with van der Waals surface area (Å²) in [5.74, 6) is -0.394. The molecular formula is C20H30N2O3Si. The van der Waals surface area contributed by atoms with Crippen LogP contribution in [0.3, 0.4) is 0 Å². The Balaban J connectivity index is 2.12. The van der Waals surface area contributed by atoms with E-state index >= 15 is 0 Å². The zero-order valence-corrected chi connectivity index (χ0v) is 17.6. The summed E-state index contributed by atoms with van der Waals surface area (Å²) in [5, 5.41) is 0.107. The number of ether oxygens (including phenoxy) is 1. The zero-order chi connectivity index (χ0) is 19.4. The second kappa shape index (κ2) is 8.18. The van der Waals surface area contributed by atoms with Crippen LogP contribution in [0.4, 0.5) is 0 Å². The van der Waals surface area contributed by atoms with Crippen LogP contribution in [0.25, 0.3) is 0 Å². The molecule has 1 heterocycles. The quantitative estimate of drug-likeness (QED) is 0.540. The van der Waals surface area contributed by atoms with Gasteiger partial charge in [-0.1, -0.05) is 51.1 Å². The van der Waals surface area contributed by atoms with Gasteiger partial charge in [-0.15, -0.1) is 0 Å². The van der Waals surface area contributed by atoms with Gasteiger partial charge < -0.3 is 14.1 Å². The number of nitrogens with one attached hydrogen (secondary N) is 1. The van der Waals surface area contributed by atoms with E-state index in [-0.39, 0.29) is 17.2 Å². The monoisotopic (exact) mass is 374 g/mol. The number of carbonyl (C=O) groups excluding carboxylic acids is 1. The summed E-state index contributed by atoms with van der Waals surface area (Å²) in [7, 11) is -1.97.